The molecule has 0 spiro atoms. The minimum absolute atomic E-state index is 0.0238. The Morgan fingerprint density at radius 3 is 2.21 bits per heavy atom. The molecule has 1 atom stereocenters. The quantitative estimate of drug-likeness (QED) is 0.108. The van der Waals surface area contributed by atoms with Gasteiger partial charge in [-0.1, -0.05) is 49.7 Å². The van der Waals surface area contributed by atoms with E-state index in [1.807, 2.05) is 67.4 Å². The molecule has 9 rings (SSSR count). The third-order valence-corrected chi connectivity index (χ3v) is 15.0. The van der Waals surface area contributed by atoms with Crippen molar-refractivity contribution in [2.75, 3.05) is 52.4 Å². The van der Waals surface area contributed by atoms with Crippen molar-refractivity contribution in [2.24, 2.45) is 10.9 Å². The van der Waals surface area contributed by atoms with Gasteiger partial charge in [0.15, 0.2) is 11.6 Å². The summed E-state index contributed by atoms with van der Waals surface area (Å²) in [4.78, 5) is 40.5. The second kappa shape index (κ2) is 19.9. The zero-order valence-electron chi connectivity index (χ0n) is 39.6. The van der Waals surface area contributed by atoms with Crippen LogP contribution < -0.4 is 5.32 Å². The molecule has 6 heterocycles. The summed E-state index contributed by atoms with van der Waals surface area (Å²) in [5.74, 6) is -0.111. The molecule has 368 valence electrons. The first-order valence-corrected chi connectivity index (χ1v) is 24.7. The number of aliphatic imine (C=N–C) groups is 1. The number of aryl methyl sites for hydroxylation is 2. The smallest absolute Gasteiger partial charge is 0.405 e. The number of nitrogens with one attached hydrogen (secondary N) is 1. The number of rotatable bonds is 12. The Labute approximate surface area is 412 Å². The number of hydrogen-bond donors (Lipinski definition) is 3. The van der Waals surface area contributed by atoms with E-state index >= 15 is 0 Å². The van der Waals surface area contributed by atoms with E-state index in [2.05, 4.69) is 48.6 Å². The Morgan fingerprint density at radius 2 is 1.54 bits per heavy atom. The van der Waals surface area contributed by atoms with Crippen molar-refractivity contribution in [3.05, 3.63) is 116 Å². The van der Waals surface area contributed by atoms with Crippen molar-refractivity contribution in [1.29, 1.82) is 0 Å². The topological polar surface area (TPSA) is 170 Å². The number of thiophene rings is 1. The normalized spacial score (nSPS) is 17.1. The lowest BCUT2D eigenvalue weighted by molar-refractivity contribution is -0.133. The Kier molecular flexibility index (Phi) is 13.9. The highest BCUT2D eigenvalue weighted by Gasteiger charge is 2.35. The number of phenolic OH excluding ortho intramolecular Hbond substituents is 2. The molecule has 0 aliphatic carbocycles. The molecule has 3 aromatic carbocycles. The first-order valence-electron chi connectivity index (χ1n) is 23.5. The molecule has 0 bridgehead atoms. The standard InChI is InChI=1S/C50H55ClF3N11O4S/c1-28(2)37-22-38(41(67)24-40(37)66)45-58-60-47(48(69)55-27-50(52,53)54)65(45)36-12-6-32(7-13-36)25-61-18-20-62(21-19-61)26-33-14-16-63(17-15-33)42(68)23-39-46-59-57-31(5)64(46)49-43(29(3)30(4)70-49)44(56-39)34-8-10-35(51)11-9-34/h6-13,22,24,28,33,39,66-67H,14-21,23,25-27H2,1-5H3,(H,55,69)/t39-/m0/s1. The first kappa shape index (κ1) is 48.9. The van der Waals surface area contributed by atoms with Crippen LogP contribution in [0.1, 0.15) is 100 Å². The van der Waals surface area contributed by atoms with Gasteiger partial charge in [0.05, 0.1) is 17.7 Å². The molecule has 3 aliphatic heterocycles. The second-order valence-electron chi connectivity index (χ2n) is 18.7. The van der Waals surface area contributed by atoms with E-state index < -0.39 is 30.5 Å². The SMILES string of the molecule is Cc1sc2c(c1C)C(c1ccc(Cl)cc1)=N[C@@H](CC(=O)N1CCC(CN3CCN(Cc4ccc(-n5c(C(=O)NCC(F)(F)F)nnc5-c5cc(C(C)C)c(O)cc5O)cc4)CC3)CC1)c1nnc(C)n1-2. The van der Waals surface area contributed by atoms with Crippen LogP contribution in [0.25, 0.3) is 22.1 Å². The summed E-state index contributed by atoms with van der Waals surface area (Å²) < 4.78 is 42.7. The minimum atomic E-state index is -4.64. The molecule has 2 amide bonds. The van der Waals surface area contributed by atoms with E-state index in [1.54, 1.807) is 23.5 Å². The van der Waals surface area contributed by atoms with Crippen LogP contribution in [0.2, 0.25) is 5.02 Å². The summed E-state index contributed by atoms with van der Waals surface area (Å²) >= 11 is 7.98. The van der Waals surface area contributed by atoms with Crippen molar-refractivity contribution < 1.29 is 33.0 Å². The van der Waals surface area contributed by atoms with Gasteiger partial charge in [-0.3, -0.25) is 28.6 Å². The number of piperidine rings is 1. The first-order chi connectivity index (χ1) is 33.4. The van der Waals surface area contributed by atoms with Crippen molar-refractivity contribution >= 4 is 40.5 Å². The molecule has 2 saturated heterocycles. The fraction of sp³-hybridized carbons (Fsp3) is 0.420. The number of benzene rings is 3. The highest BCUT2D eigenvalue weighted by atomic mass is 35.5. The van der Waals surface area contributed by atoms with Gasteiger partial charge in [0.2, 0.25) is 11.7 Å². The number of carbonyl (C=O) groups excluding carboxylic acids is 2. The van der Waals surface area contributed by atoms with E-state index in [-0.39, 0.29) is 41.1 Å². The number of aromatic hydroxyl groups is 2. The molecule has 20 heteroatoms. The van der Waals surface area contributed by atoms with Gasteiger partial charge < -0.3 is 25.3 Å². The van der Waals surface area contributed by atoms with Gasteiger partial charge in [-0.2, -0.15) is 13.2 Å². The zero-order valence-corrected chi connectivity index (χ0v) is 41.2. The van der Waals surface area contributed by atoms with Gasteiger partial charge in [-0.15, -0.1) is 31.7 Å². The number of piperazine rings is 1. The Balaban J connectivity index is 0.809. The number of halogens is 4. The van der Waals surface area contributed by atoms with Gasteiger partial charge in [0.1, 0.15) is 34.9 Å². The van der Waals surface area contributed by atoms with Crippen LogP contribution in [-0.4, -0.2) is 131 Å². The Hall–Kier alpha value is -6.15. The minimum Gasteiger partial charge on any atom is -0.508 e. The molecule has 6 aromatic rings. The number of alkyl halides is 3. The average molecular weight is 999 g/mol. The number of nitrogens with zero attached hydrogens (tertiary/aromatic N) is 10. The molecule has 70 heavy (non-hydrogen) atoms. The maximum Gasteiger partial charge on any atom is 0.405 e. The van der Waals surface area contributed by atoms with E-state index in [9.17, 15) is 33.0 Å². The predicted molar refractivity (Wildman–Crippen MR) is 262 cm³/mol. The lowest BCUT2D eigenvalue weighted by Gasteiger charge is -2.39. The monoisotopic (exact) mass is 997 g/mol. The fourth-order valence-corrected chi connectivity index (χ4v) is 11.0. The van der Waals surface area contributed by atoms with E-state index in [0.29, 0.717) is 47.7 Å². The van der Waals surface area contributed by atoms with Gasteiger partial charge in [0.25, 0.3) is 5.91 Å². The Bertz CT molecular complexity index is 2930. The predicted octanol–water partition coefficient (Wildman–Crippen LogP) is 8.32. The molecule has 0 unspecified atom stereocenters. The third-order valence-electron chi connectivity index (χ3n) is 13.6. The van der Waals surface area contributed by atoms with Gasteiger partial charge in [-0.25, -0.2) is 0 Å². The summed E-state index contributed by atoms with van der Waals surface area (Å²) in [5.41, 5.74) is 5.99. The number of amides is 2. The summed E-state index contributed by atoms with van der Waals surface area (Å²) in [5, 5.41) is 42.0. The molecule has 0 radical (unpaired) electrons. The number of aromatic nitrogens is 6. The van der Waals surface area contributed by atoms with Crippen molar-refractivity contribution in [3.63, 3.8) is 0 Å². The molecule has 15 nitrogen and oxygen atoms in total. The number of carbonyl (C=O) groups is 2. The highest BCUT2D eigenvalue weighted by Crippen LogP contribution is 2.41. The van der Waals surface area contributed by atoms with Crippen LogP contribution in [-0.2, 0) is 11.3 Å². The summed E-state index contributed by atoms with van der Waals surface area (Å²) in [6, 6.07) is 17.2. The van der Waals surface area contributed by atoms with Crippen LogP contribution in [0.3, 0.4) is 0 Å². The molecular formula is C50H55ClF3N11O4S. The highest BCUT2D eigenvalue weighted by molar-refractivity contribution is 7.15. The van der Waals surface area contributed by atoms with Crippen LogP contribution >= 0.6 is 22.9 Å². The summed E-state index contributed by atoms with van der Waals surface area (Å²) in [7, 11) is 0. The summed E-state index contributed by atoms with van der Waals surface area (Å²) in [6.07, 6.45) is -2.63. The maximum atomic E-state index is 14.1. The van der Waals surface area contributed by atoms with Crippen LogP contribution in [0.15, 0.2) is 65.7 Å². The van der Waals surface area contributed by atoms with E-state index in [0.717, 1.165) is 84.4 Å². The molecule has 3 aromatic heterocycles. The van der Waals surface area contributed by atoms with Crippen LogP contribution in [0.4, 0.5) is 13.2 Å². The van der Waals surface area contributed by atoms with E-state index in [1.165, 1.54) is 21.6 Å². The lowest BCUT2D eigenvalue weighted by Crippen LogP contribution is -2.48. The zero-order chi connectivity index (χ0) is 49.6. The van der Waals surface area contributed by atoms with Gasteiger partial charge in [0, 0.05) is 85.1 Å². The number of fused-ring (bicyclic) bond motifs is 3. The van der Waals surface area contributed by atoms with Crippen LogP contribution in [0, 0.1) is 26.7 Å². The Morgan fingerprint density at radius 1 is 0.857 bits per heavy atom. The lowest BCUT2D eigenvalue weighted by atomic mass is 9.95. The molecular weight excluding hydrogens is 943 g/mol. The average Bonchev–Trinajstić information content (AvgIpc) is 4.00. The number of hydrogen-bond acceptors (Lipinski definition) is 12. The molecule has 3 N–H and O–H groups in total. The van der Waals surface area contributed by atoms with Crippen molar-refractivity contribution in [2.45, 2.75) is 78.6 Å². The second-order valence-corrected chi connectivity index (χ2v) is 20.4. The molecule has 3 aliphatic rings. The van der Waals surface area contributed by atoms with Crippen molar-refractivity contribution in [1.82, 2.24) is 49.5 Å². The van der Waals surface area contributed by atoms with Crippen LogP contribution in [0.5, 0.6) is 11.5 Å². The molecule has 0 saturated carbocycles. The molecule has 2 fully saturated rings. The maximum absolute atomic E-state index is 14.1. The van der Waals surface area contributed by atoms with Crippen molar-refractivity contribution in [3.8, 4) is 33.6 Å². The third kappa shape index (κ3) is 10.2. The van der Waals surface area contributed by atoms with Gasteiger partial charge >= 0.3 is 6.18 Å². The summed E-state index contributed by atoms with van der Waals surface area (Å²) in [6.45, 7) is 14.8. The number of likely N-dealkylation sites (tertiary alicyclic amines) is 1. The van der Waals surface area contributed by atoms with E-state index in [4.69, 9.17) is 16.6 Å². The van der Waals surface area contributed by atoms with Gasteiger partial charge in [-0.05, 0) is 92.5 Å². The largest absolute Gasteiger partial charge is 0.508 e. The fourth-order valence-electron chi connectivity index (χ4n) is 9.64. The number of phenols is 2.